The molecule has 0 fully saturated rings. The van der Waals surface area contributed by atoms with Crippen molar-refractivity contribution in [2.24, 2.45) is 5.10 Å². The minimum absolute atomic E-state index is 0.173. The number of amides is 2. The van der Waals surface area contributed by atoms with E-state index in [2.05, 4.69) is 15.8 Å². The predicted molar refractivity (Wildman–Crippen MR) is 102 cm³/mol. The van der Waals surface area contributed by atoms with E-state index in [1.165, 1.54) is 24.4 Å². The zero-order valence-corrected chi connectivity index (χ0v) is 15.9. The summed E-state index contributed by atoms with van der Waals surface area (Å²) in [6.45, 7) is 3.06. The average molecular weight is 403 g/mol. The maximum atomic E-state index is 12.0. The molecule has 0 saturated carbocycles. The van der Waals surface area contributed by atoms with Gasteiger partial charge < -0.3 is 20.0 Å². The number of carbonyl (C=O) groups is 3. The van der Waals surface area contributed by atoms with Crippen LogP contribution in [0.15, 0.2) is 41.5 Å². The molecule has 8 nitrogen and oxygen atoms in total. The Morgan fingerprint density at radius 3 is 2.64 bits per heavy atom. The lowest BCUT2D eigenvalue weighted by molar-refractivity contribution is -0.307. The molecule has 0 bridgehead atoms. The van der Waals surface area contributed by atoms with Gasteiger partial charge in [0.2, 0.25) is 0 Å². The van der Waals surface area contributed by atoms with Gasteiger partial charge in [-0.3, -0.25) is 9.59 Å². The van der Waals surface area contributed by atoms with Crippen LogP contribution in [0.3, 0.4) is 0 Å². The number of hydrogen-bond donors (Lipinski definition) is 2. The van der Waals surface area contributed by atoms with Crippen LogP contribution in [-0.4, -0.2) is 30.6 Å². The summed E-state index contributed by atoms with van der Waals surface area (Å²) in [6, 6.07) is 9.74. The number of nitrogens with one attached hydrogen (secondary N) is 2. The molecular weight excluding hydrogens is 386 g/mol. The maximum absolute atomic E-state index is 12.0. The molecule has 0 saturated heterocycles. The number of aliphatic carboxylic acids is 1. The van der Waals surface area contributed by atoms with Gasteiger partial charge in [0.05, 0.1) is 12.2 Å². The first kappa shape index (κ1) is 20.9. The highest BCUT2D eigenvalue weighted by atomic mass is 35.5. The molecule has 0 aliphatic rings. The Kier molecular flexibility index (Phi) is 7.11. The summed E-state index contributed by atoms with van der Waals surface area (Å²) in [5.74, 6) is -3.08. The molecule has 0 heterocycles. The summed E-state index contributed by atoms with van der Waals surface area (Å²) in [7, 11) is 0. The van der Waals surface area contributed by atoms with E-state index in [1.807, 2.05) is 19.9 Å². The lowest BCUT2D eigenvalue weighted by Crippen LogP contribution is -2.32. The van der Waals surface area contributed by atoms with Crippen molar-refractivity contribution in [2.75, 3.05) is 11.9 Å². The molecule has 146 valence electrons. The molecule has 0 aromatic heterocycles. The smallest absolute Gasteiger partial charge is 0.329 e. The molecule has 2 N–H and O–H groups in total. The summed E-state index contributed by atoms with van der Waals surface area (Å²) < 4.78 is 5.06. The van der Waals surface area contributed by atoms with Crippen LogP contribution in [-0.2, 0) is 14.4 Å². The van der Waals surface area contributed by atoms with Crippen LogP contribution in [0.4, 0.5) is 5.69 Å². The van der Waals surface area contributed by atoms with E-state index in [-0.39, 0.29) is 5.75 Å². The molecule has 9 heteroatoms. The van der Waals surface area contributed by atoms with Crippen LogP contribution in [0.2, 0.25) is 5.02 Å². The Hall–Kier alpha value is -3.39. The Bertz CT molecular complexity index is 943. The van der Waals surface area contributed by atoms with Crippen molar-refractivity contribution in [1.82, 2.24) is 5.43 Å². The normalized spacial score (nSPS) is 10.5. The molecule has 2 amide bonds. The molecular formula is C19H17ClN3O5-. The summed E-state index contributed by atoms with van der Waals surface area (Å²) in [6.07, 6.45) is 1.18. The van der Waals surface area contributed by atoms with Crippen LogP contribution >= 0.6 is 11.6 Å². The largest absolute Gasteiger partial charge is 0.546 e. The van der Waals surface area contributed by atoms with Gasteiger partial charge in [0.1, 0.15) is 12.4 Å². The fraction of sp³-hybridized carbons (Fsp3) is 0.158. The molecule has 0 radical (unpaired) electrons. The van der Waals surface area contributed by atoms with E-state index in [4.69, 9.17) is 16.3 Å². The van der Waals surface area contributed by atoms with Crippen molar-refractivity contribution in [3.05, 3.63) is 58.1 Å². The minimum Gasteiger partial charge on any atom is -0.546 e. The fourth-order valence-electron chi connectivity index (χ4n) is 2.17. The molecule has 0 atom stereocenters. The van der Waals surface area contributed by atoms with Gasteiger partial charge in [0, 0.05) is 16.3 Å². The Morgan fingerprint density at radius 1 is 1.18 bits per heavy atom. The summed E-state index contributed by atoms with van der Waals surface area (Å²) in [4.78, 5) is 34.4. The first-order valence-corrected chi connectivity index (χ1v) is 8.48. The van der Waals surface area contributed by atoms with Gasteiger partial charge >= 0.3 is 11.8 Å². The zero-order valence-electron chi connectivity index (χ0n) is 15.1. The third-order valence-electron chi connectivity index (χ3n) is 3.75. The average Bonchev–Trinajstić information content (AvgIpc) is 2.64. The number of benzene rings is 2. The fourth-order valence-corrected chi connectivity index (χ4v) is 2.35. The lowest BCUT2D eigenvalue weighted by Gasteiger charge is -2.10. The molecule has 0 aliphatic carbocycles. The number of anilines is 1. The van der Waals surface area contributed by atoms with E-state index in [1.54, 1.807) is 12.1 Å². The van der Waals surface area contributed by atoms with Crippen molar-refractivity contribution < 1.29 is 24.2 Å². The second-order valence-electron chi connectivity index (χ2n) is 5.74. The summed E-state index contributed by atoms with van der Waals surface area (Å²) >= 11 is 5.89. The molecule has 2 aromatic rings. The zero-order chi connectivity index (χ0) is 20.7. The monoisotopic (exact) mass is 402 g/mol. The molecule has 2 rings (SSSR count). The Labute approximate surface area is 166 Å². The lowest BCUT2D eigenvalue weighted by atomic mass is 10.1. The van der Waals surface area contributed by atoms with Crippen LogP contribution in [0.25, 0.3) is 0 Å². The van der Waals surface area contributed by atoms with Crippen molar-refractivity contribution in [3.8, 4) is 5.75 Å². The Balaban J connectivity index is 2.02. The highest BCUT2D eigenvalue weighted by molar-refractivity contribution is 6.39. The van der Waals surface area contributed by atoms with Crippen LogP contribution in [0.1, 0.15) is 16.7 Å². The van der Waals surface area contributed by atoms with E-state index in [0.717, 1.165) is 11.1 Å². The van der Waals surface area contributed by atoms with Gasteiger partial charge in [-0.2, -0.15) is 5.10 Å². The number of hydrazone groups is 1. The van der Waals surface area contributed by atoms with Crippen molar-refractivity contribution >= 4 is 41.3 Å². The van der Waals surface area contributed by atoms with E-state index in [9.17, 15) is 19.5 Å². The first-order chi connectivity index (χ1) is 13.3. The predicted octanol–water partition coefficient (Wildman–Crippen LogP) is 1.17. The first-order valence-electron chi connectivity index (χ1n) is 8.10. The Morgan fingerprint density at radius 2 is 1.93 bits per heavy atom. The van der Waals surface area contributed by atoms with Gasteiger partial charge in [0.25, 0.3) is 0 Å². The third kappa shape index (κ3) is 5.82. The van der Waals surface area contributed by atoms with Crippen LogP contribution < -0.4 is 20.6 Å². The van der Waals surface area contributed by atoms with Gasteiger partial charge in [-0.1, -0.05) is 23.7 Å². The second kappa shape index (κ2) is 9.52. The van der Waals surface area contributed by atoms with E-state index < -0.39 is 24.4 Å². The standard InChI is InChI=1S/C19H18ClN3O5/c1-11-4-3-5-15(12(11)2)22-18(26)19(27)23-21-9-13-8-14(20)6-7-16(13)28-10-17(24)25/h3-9H,10H2,1-2H3,(H,22,26)(H,23,27)(H,24,25)/p-1/b21-9-. The number of ether oxygens (including phenoxy) is 1. The molecule has 0 unspecified atom stereocenters. The minimum atomic E-state index is -1.39. The molecule has 0 aliphatic heterocycles. The van der Waals surface area contributed by atoms with Gasteiger partial charge in [-0.05, 0) is 49.2 Å². The molecule has 2 aromatic carbocycles. The van der Waals surface area contributed by atoms with Crippen molar-refractivity contribution in [3.63, 3.8) is 0 Å². The number of carbonyl (C=O) groups excluding carboxylic acids is 3. The number of aryl methyl sites for hydroxylation is 1. The molecule has 28 heavy (non-hydrogen) atoms. The van der Waals surface area contributed by atoms with Crippen molar-refractivity contribution in [2.45, 2.75) is 13.8 Å². The van der Waals surface area contributed by atoms with Crippen LogP contribution in [0.5, 0.6) is 5.75 Å². The van der Waals surface area contributed by atoms with Crippen molar-refractivity contribution in [1.29, 1.82) is 0 Å². The number of carboxylic acid groups (broad SMARTS) is 1. The summed E-state index contributed by atoms with van der Waals surface area (Å²) in [5, 5.41) is 17.1. The highest BCUT2D eigenvalue weighted by Gasteiger charge is 2.14. The van der Waals surface area contributed by atoms with E-state index in [0.29, 0.717) is 16.3 Å². The van der Waals surface area contributed by atoms with Gasteiger partial charge in [0.15, 0.2) is 0 Å². The maximum Gasteiger partial charge on any atom is 0.329 e. The molecule has 0 spiro atoms. The summed E-state index contributed by atoms with van der Waals surface area (Å²) in [5.41, 5.74) is 4.74. The number of carboxylic acids is 1. The number of hydrogen-bond acceptors (Lipinski definition) is 6. The highest BCUT2D eigenvalue weighted by Crippen LogP contribution is 2.21. The van der Waals surface area contributed by atoms with Crippen LogP contribution in [0, 0.1) is 13.8 Å². The number of rotatable bonds is 6. The van der Waals surface area contributed by atoms with Gasteiger partial charge in [-0.15, -0.1) is 0 Å². The second-order valence-corrected chi connectivity index (χ2v) is 6.18. The van der Waals surface area contributed by atoms with Gasteiger partial charge in [-0.25, -0.2) is 5.43 Å². The quantitative estimate of drug-likeness (QED) is 0.427. The topological polar surface area (TPSA) is 120 Å². The number of nitrogens with zero attached hydrogens (tertiary/aromatic N) is 1. The number of halogens is 1. The van der Waals surface area contributed by atoms with E-state index >= 15 is 0 Å². The SMILES string of the molecule is Cc1cccc(NC(=O)C(=O)N/N=C\c2cc(Cl)ccc2OCC(=O)[O-])c1C. The third-order valence-corrected chi connectivity index (χ3v) is 3.98.